The van der Waals surface area contributed by atoms with Gasteiger partial charge in [-0.25, -0.2) is 4.79 Å². The van der Waals surface area contributed by atoms with Gasteiger partial charge in [-0.2, -0.15) is 0 Å². The molecule has 0 aromatic heterocycles. The molecule has 23 heavy (non-hydrogen) atoms. The molecule has 3 unspecified atom stereocenters. The fourth-order valence-corrected chi connectivity index (χ4v) is 3.17. The van der Waals surface area contributed by atoms with Gasteiger partial charge in [0.2, 0.25) is 0 Å². The second kappa shape index (κ2) is 9.48. The maximum absolute atomic E-state index is 11.9. The molecule has 1 aliphatic carbocycles. The van der Waals surface area contributed by atoms with Crippen LogP contribution in [-0.4, -0.2) is 43.5 Å². The Labute approximate surface area is 141 Å². The molecule has 1 amide bonds. The van der Waals surface area contributed by atoms with E-state index in [0.29, 0.717) is 18.5 Å². The Bertz CT molecular complexity index is 353. The van der Waals surface area contributed by atoms with Gasteiger partial charge in [0.05, 0.1) is 6.10 Å². The molecule has 5 heteroatoms. The summed E-state index contributed by atoms with van der Waals surface area (Å²) >= 11 is 0. The number of carbonyl (C=O) groups is 1. The summed E-state index contributed by atoms with van der Waals surface area (Å²) in [7, 11) is 1.79. The molecule has 1 rings (SSSR count). The third-order valence-corrected chi connectivity index (χ3v) is 4.10. The summed E-state index contributed by atoms with van der Waals surface area (Å²) in [5, 5.41) is 6.61. The number of carbonyl (C=O) groups excluding carboxylic acids is 1. The first kappa shape index (κ1) is 20.2. The topological polar surface area (TPSA) is 59.6 Å². The summed E-state index contributed by atoms with van der Waals surface area (Å²) in [5.74, 6) is 0.567. The van der Waals surface area contributed by atoms with Crippen molar-refractivity contribution in [3.63, 3.8) is 0 Å². The molecule has 0 spiro atoms. The number of hydrogen-bond acceptors (Lipinski definition) is 4. The van der Waals surface area contributed by atoms with Gasteiger partial charge in [-0.15, -0.1) is 0 Å². The third-order valence-electron chi connectivity index (χ3n) is 4.10. The van der Waals surface area contributed by atoms with Gasteiger partial charge in [0, 0.05) is 25.7 Å². The fraction of sp³-hybridized carbons (Fsp3) is 0.944. The Balaban J connectivity index is 2.53. The van der Waals surface area contributed by atoms with Crippen LogP contribution in [0.2, 0.25) is 0 Å². The van der Waals surface area contributed by atoms with Crippen LogP contribution in [0.4, 0.5) is 4.79 Å². The van der Waals surface area contributed by atoms with Crippen LogP contribution < -0.4 is 10.6 Å². The Morgan fingerprint density at radius 1 is 1.22 bits per heavy atom. The van der Waals surface area contributed by atoms with E-state index in [2.05, 4.69) is 24.5 Å². The molecule has 0 aromatic carbocycles. The van der Waals surface area contributed by atoms with Gasteiger partial charge in [-0.1, -0.05) is 26.7 Å². The van der Waals surface area contributed by atoms with Crippen molar-refractivity contribution in [2.45, 2.75) is 90.5 Å². The normalized spacial score (nSPS) is 23.6. The van der Waals surface area contributed by atoms with Gasteiger partial charge in [0.15, 0.2) is 0 Å². The largest absolute Gasteiger partial charge is 0.444 e. The summed E-state index contributed by atoms with van der Waals surface area (Å²) < 4.78 is 10.9. The van der Waals surface area contributed by atoms with Crippen molar-refractivity contribution < 1.29 is 14.3 Å². The van der Waals surface area contributed by atoms with Gasteiger partial charge in [0.1, 0.15) is 5.60 Å². The summed E-state index contributed by atoms with van der Waals surface area (Å²) in [5.41, 5.74) is -0.463. The molecule has 1 saturated carbocycles. The molecule has 3 atom stereocenters. The predicted molar refractivity (Wildman–Crippen MR) is 93.7 cm³/mol. The average Bonchev–Trinajstić information content (AvgIpc) is 2.43. The third kappa shape index (κ3) is 8.56. The minimum absolute atomic E-state index is 0.239. The fourth-order valence-electron chi connectivity index (χ4n) is 3.17. The highest BCUT2D eigenvalue weighted by Gasteiger charge is 2.27. The standard InChI is InChI=1S/C18H36N2O3/c1-13(2)11-14(12-19-17(21)23-18(3,4)5)20-15-9-7-8-10-16(15)22-6/h13-16,20H,7-12H2,1-6H3,(H,19,21). The van der Waals surface area contributed by atoms with Crippen molar-refractivity contribution in [2.24, 2.45) is 5.92 Å². The zero-order valence-corrected chi connectivity index (χ0v) is 15.8. The Hall–Kier alpha value is -0.810. The van der Waals surface area contributed by atoms with Gasteiger partial charge in [-0.05, 0) is 46.0 Å². The molecule has 0 aliphatic heterocycles. The lowest BCUT2D eigenvalue weighted by Gasteiger charge is -2.35. The molecule has 0 bridgehead atoms. The number of hydrogen-bond donors (Lipinski definition) is 2. The SMILES string of the molecule is COC1CCCCC1NC(CNC(=O)OC(C)(C)C)CC(C)C. The summed E-state index contributed by atoms with van der Waals surface area (Å²) in [6, 6.07) is 0.612. The second-order valence-corrected chi connectivity index (χ2v) is 8.04. The van der Waals surface area contributed by atoms with E-state index >= 15 is 0 Å². The van der Waals surface area contributed by atoms with E-state index in [1.54, 1.807) is 7.11 Å². The maximum atomic E-state index is 11.9. The first-order chi connectivity index (χ1) is 10.7. The minimum atomic E-state index is -0.463. The molecule has 0 heterocycles. The number of nitrogens with one attached hydrogen (secondary N) is 2. The number of amides is 1. The lowest BCUT2D eigenvalue weighted by Crippen LogP contribution is -2.52. The molecule has 2 N–H and O–H groups in total. The van der Waals surface area contributed by atoms with Crippen LogP contribution in [-0.2, 0) is 9.47 Å². The Morgan fingerprint density at radius 3 is 2.43 bits per heavy atom. The van der Waals surface area contributed by atoms with Crippen LogP contribution >= 0.6 is 0 Å². The molecular formula is C18H36N2O3. The molecular weight excluding hydrogens is 292 g/mol. The number of ether oxygens (including phenoxy) is 2. The van der Waals surface area contributed by atoms with E-state index in [0.717, 1.165) is 19.3 Å². The number of rotatable bonds is 7. The van der Waals surface area contributed by atoms with E-state index < -0.39 is 5.60 Å². The predicted octanol–water partition coefficient (Wildman–Crippen LogP) is 3.47. The van der Waals surface area contributed by atoms with Crippen LogP contribution in [0.5, 0.6) is 0 Å². The van der Waals surface area contributed by atoms with Crippen molar-refractivity contribution in [3.8, 4) is 0 Å². The van der Waals surface area contributed by atoms with Crippen LogP contribution in [0.1, 0.15) is 66.7 Å². The molecule has 0 radical (unpaired) electrons. The monoisotopic (exact) mass is 328 g/mol. The summed E-state index contributed by atoms with van der Waals surface area (Å²) in [4.78, 5) is 11.9. The molecule has 136 valence electrons. The number of methoxy groups -OCH3 is 1. The second-order valence-electron chi connectivity index (χ2n) is 8.04. The highest BCUT2D eigenvalue weighted by molar-refractivity contribution is 5.67. The van der Waals surface area contributed by atoms with Crippen molar-refractivity contribution in [1.29, 1.82) is 0 Å². The molecule has 1 fully saturated rings. The van der Waals surface area contributed by atoms with Crippen molar-refractivity contribution in [1.82, 2.24) is 10.6 Å². The van der Waals surface area contributed by atoms with Gasteiger partial charge in [-0.3, -0.25) is 0 Å². The van der Waals surface area contributed by atoms with Crippen LogP contribution in [0, 0.1) is 5.92 Å². The van der Waals surface area contributed by atoms with Crippen molar-refractivity contribution in [2.75, 3.05) is 13.7 Å². The van der Waals surface area contributed by atoms with Gasteiger partial charge >= 0.3 is 6.09 Å². The van der Waals surface area contributed by atoms with Crippen molar-refractivity contribution >= 4 is 6.09 Å². The zero-order valence-electron chi connectivity index (χ0n) is 15.8. The maximum Gasteiger partial charge on any atom is 0.407 e. The summed E-state index contributed by atoms with van der Waals surface area (Å²) in [6.07, 6.45) is 5.68. The van der Waals surface area contributed by atoms with Crippen molar-refractivity contribution in [3.05, 3.63) is 0 Å². The Morgan fingerprint density at radius 2 is 1.87 bits per heavy atom. The lowest BCUT2D eigenvalue weighted by molar-refractivity contribution is 0.0353. The molecule has 0 saturated heterocycles. The van der Waals surface area contributed by atoms with Gasteiger partial charge in [0.25, 0.3) is 0 Å². The first-order valence-electron chi connectivity index (χ1n) is 8.97. The van der Waals surface area contributed by atoms with E-state index in [1.807, 2.05) is 20.8 Å². The first-order valence-corrected chi connectivity index (χ1v) is 8.97. The zero-order chi connectivity index (χ0) is 17.5. The molecule has 1 aliphatic rings. The van der Waals surface area contributed by atoms with Crippen LogP contribution in [0.3, 0.4) is 0 Å². The lowest BCUT2D eigenvalue weighted by atomic mass is 9.91. The van der Waals surface area contributed by atoms with E-state index in [4.69, 9.17) is 9.47 Å². The quantitative estimate of drug-likeness (QED) is 0.751. The van der Waals surface area contributed by atoms with E-state index in [-0.39, 0.29) is 18.2 Å². The smallest absolute Gasteiger partial charge is 0.407 e. The van der Waals surface area contributed by atoms with E-state index in [1.165, 1.54) is 12.8 Å². The highest BCUT2D eigenvalue weighted by atomic mass is 16.6. The minimum Gasteiger partial charge on any atom is -0.444 e. The Kier molecular flexibility index (Phi) is 8.34. The highest BCUT2D eigenvalue weighted by Crippen LogP contribution is 2.22. The van der Waals surface area contributed by atoms with Crippen LogP contribution in [0.15, 0.2) is 0 Å². The molecule has 0 aromatic rings. The van der Waals surface area contributed by atoms with Gasteiger partial charge < -0.3 is 20.1 Å². The average molecular weight is 328 g/mol. The van der Waals surface area contributed by atoms with Crippen LogP contribution in [0.25, 0.3) is 0 Å². The van der Waals surface area contributed by atoms with E-state index in [9.17, 15) is 4.79 Å². The number of alkyl carbamates (subject to hydrolysis) is 1. The summed E-state index contributed by atoms with van der Waals surface area (Å²) in [6.45, 7) is 10.6. The molecule has 5 nitrogen and oxygen atoms in total.